The maximum Gasteiger partial charge on any atom is 0.190 e. The average Bonchev–Trinajstić information content (AvgIpc) is 2.48. The summed E-state index contributed by atoms with van der Waals surface area (Å²) in [5, 5.41) is 0.0974. The Bertz CT molecular complexity index is 619. The van der Waals surface area contributed by atoms with Crippen molar-refractivity contribution in [1.29, 1.82) is 0 Å². The third-order valence-electron chi connectivity index (χ3n) is 2.59. The van der Waals surface area contributed by atoms with Crippen molar-refractivity contribution in [3.63, 3.8) is 0 Å². The lowest BCUT2D eigenvalue weighted by atomic mass is 10.2. The van der Waals surface area contributed by atoms with E-state index in [1.54, 1.807) is 45.2 Å². The molecule has 0 spiro atoms. The fraction of sp³-hybridized carbons (Fsp3) is 0.176. The number of methoxy groups -OCH3 is 1. The van der Waals surface area contributed by atoms with Gasteiger partial charge in [-0.15, -0.1) is 12.6 Å². The molecule has 2 rings (SSSR count). The first-order valence-electron chi connectivity index (χ1n) is 6.55. The van der Waals surface area contributed by atoms with Crippen LogP contribution in [0, 0.1) is 0 Å². The van der Waals surface area contributed by atoms with Crippen LogP contribution < -0.4 is 4.74 Å². The summed E-state index contributed by atoms with van der Waals surface area (Å²) < 4.78 is 4.98. The predicted octanol–water partition coefficient (Wildman–Crippen LogP) is 4.51. The molecule has 0 aliphatic rings. The lowest BCUT2D eigenvalue weighted by molar-refractivity contribution is -0.109. The maximum absolute atomic E-state index is 10.7. The third-order valence-corrected chi connectivity index (χ3v) is 3.69. The van der Waals surface area contributed by atoms with Crippen molar-refractivity contribution in [3.8, 4) is 5.75 Å². The molecule has 22 heavy (non-hydrogen) atoms. The van der Waals surface area contributed by atoms with Crippen LogP contribution in [0.2, 0.25) is 0 Å². The molecule has 116 valence electrons. The largest absolute Gasteiger partial charge is 0.497 e. The number of hydrogen-bond donors (Lipinski definition) is 1. The molecule has 0 unspecified atom stereocenters. The molecule has 0 aromatic heterocycles. The molecule has 0 radical (unpaired) electrons. The van der Waals surface area contributed by atoms with Gasteiger partial charge < -0.3 is 4.74 Å². The van der Waals surface area contributed by atoms with Crippen LogP contribution in [0.25, 0.3) is 0 Å². The van der Waals surface area contributed by atoms with Crippen molar-refractivity contribution in [2.75, 3.05) is 7.11 Å². The van der Waals surface area contributed by atoms with Crippen LogP contribution in [0.5, 0.6) is 5.75 Å². The number of carbonyl (C=O) groups is 2. The molecule has 0 saturated heterocycles. The average molecular weight is 334 g/mol. The van der Waals surface area contributed by atoms with Gasteiger partial charge in [-0.25, -0.2) is 0 Å². The topological polar surface area (TPSA) is 43.4 Å². The fourth-order valence-electron chi connectivity index (χ4n) is 1.51. The number of carbonyl (C=O) groups excluding carboxylic acids is 2. The van der Waals surface area contributed by atoms with Gasteiger partial charge in [-0.2, -0.15) is 0 Å². The molecule has 0 bridgehead atoms. The number of ketones is 1. The van der Waals surface area contributed by atoms with Gasteiger partial charge in [0.1, 0.15) is 5.75 Å². The van der Waals surface area contributed by atoms with E-state index in [1.807, 2.05) is 24.3 Å². The quantitative estimate of drug-likeness (QED) is 0.509. The maximum atomic E-state index is 10.7. The zero-order chi connectivity index (χ0) is 16.5. The lowest BCUT2D eigenvalue weighted by Gasteiger charge is -1.99. The Balaban J connectivity index is 0.000000224. The van der Waals surface area contributed by atoms with E-state index >= 15 is 0 Å². The van der Waals surface area contributed by atoms with E-state index in [2.05, 4.69) is 12.6 Å². The third kappa shape index (κ3) is 6.83. The number of hydrogen-bond acceptors (Lipinski definition) is 5. The summed E-state index contributed by atoms with van der Waals surface area (Å²) in [5.74, 6) is 0.899. The van der Waals surface area contributed by atoms with Crippen LogP contribution in [0.4, 0.5) is 0 Å². The highest BCUT2D eigenvalue weighted by Gasteiger charge is 1.97. The highest BCUT2D eigenvalue weighted by atomic mass is 32.2. The van der Waals surface area contributed by atoms with Crippen molar-refractivity contribution in [2.45, 2.75) is 23.6 Å². The van der Waals surface area contributed by atoms with E-state index in [0.717, 1.165) is 21.1 Å². The van der Waals surface area contributed by atoms with Crippen LogP contribution in [-0.4, -0.2) is 18.0 Å². The van der Waals surface area contributed by atoms with Gasteiger partial charge in [0, 0.05) is 22.3 Å². The lowest BCUT2D eigenvalue weighted by Crippen LogP contribution is -1.89. The van der Waals surface area contributed by atoms with Gasteiger partial charge in [0.25, 0.3) is 0 Å². The first kappa shape index (κ1) is 18.3. The van der Waals surface area contributed by atoms with Gasteiger partial charge in [0.15, 0.2) is 10.9 Å². The van der Waals surface area contributed by atoms with Crippen molar-refractivity contribution < 1.29 is 14.3 Å². The Kier molecular flexibility index (Phi) is 7.77. The van der Waals surface area contributed by atoms with Crippen molar-refractivity contribution in [2.24, 2.45) is 0 Å². The van der Waals surface area contributed by atoms with Crippen molar-refractivity contribution in [1.82, 2.24) is 0 Å². The highest BCUT2D eigenvalue weighted by molar-refractivity contribution is 8.13. The summed E-state index contributed by atoms with van der Waals surface area (Å²) in [6, 6.07) is 14.6. The molecule has 0 aliphatic carbocycles. The standard InChI is InChI=1S/C9H10O2S.C8H8OS/c1-7(10)12-9-5-3-8(11-2)4-6-9;1-6(9)7-2-4-8(10)5-3-7/h3-6H,1-2H3;2-5,10H,1H3. The van der Waals surface area contributed by atoms with Gasteiger partial charge >= 0.3 is 0 Å². The van der Waals surface area contributed by atoms with E-state index in [-0.39, 0.29) is 10.9 Å². The van der Waals surface area contributed by atoms with E-state index in [4.69, 9.17) is 4.74 Å². The summed E-state index contributed by atoms with van der Waals surface area (Å²) in [6.45, 7) is 3.10. The number of benzene rings is 2. The molecule has 0 fully saturated rings. The Labute approximate surface area is 140 Å². The molecule has 3 nitrogen and oxygen atoms in total. The van der Waals surface area contributed by atoms with E-state index in [0.29, 0.717) is 0 Å². The zero-order valence-corrected chi connectivity index (χ0v) is 14.4. The van der Waals surface area contributed by atoms with Crippen LogP contribution in [0.15, 0.2) is 58.3 Å². The number of thiol groups is 1. The van der Waals surface area contributed by atoms with Crippen molar-refractivity contribution >= 4 is 35.3 Å². The van der Waals surface area contributed by atoms with Gasteiger partial charge in [0.05, 0.1) is 7.11 Å². The summed E-state index contributed by atoms with van der Waals surface area (Å²) in [6.07, 6.45) is 0. The summed E-state index contributed by atoms with van der Waals surface area (Å²) >= 11 is 5.31. The minimum atomic E-state index is 0.0910. The number of Topliss-reactive ketones (excluding diaryl/α,β-unsaturated/α-hetero) is 1. The molecule has 0 N–H and O–H groups in total. The summed E-state index contributed by atoms with van der Waals surface area (Å²) in [4.78, 5) is 23.3. The molecule has 2 aromatic rings. The Morgan fingerprint density at radius 2 is 1.50 bits per heavy atom. The summed E-state index contributed by atoms with van der Waals surface area (Å²) in [5.41, 5.74) is 0.734. The normalized spacial score (nSPS) is 9.45. The van der Waals surface area contributed by atoms with Gasteiger partial charge in [-0.1, -0.05) is 23.9 Å². The monoisotopic (exact) mass is 334 g/mol. The second-order valence-electron chi connectivity index (χ2n) is 4.37. The van der Waals surface area contributed by atoms with Crippen LogP contribution >= 0.6 is 24.4 Å². The minimum absolute atomic E-state index is 0.0910. The molecule has 0 heterocycles. The SMILES string of the molecule is CC(=O)c1ccc(S)cc1.COc1ccc(SC(C)=O)cc1. The molecule has 0 atom stereocenters. The Morgan fingerprint density at radius 3 is 1.91 bits per heavy atom. The predicted molar refractivity (Wildman–Crippen MR) is 93.2 cm³/mol. The number of thioether (sulfide) groups is 1. The van der Waals surface area contributed by atoms with E-state index < -0.39 is 0 Å². The molecule has 2 aromatic carbocycles. The summed E-state index contributed by atoms with van der Waals surface area (Å²) in [7, 11) is 1.62. The second-order valence-corrected chi connectivity index (χ2v) is 6.14. The van der Waals surface area contributed by atoms with Crippen LogP contribution in [-0.2, 0) is 4.79 Å². The number of rotatable bonds is 3. The number of ether oxygens (including phenoxy) is 1. The Morgan fingerprint density at radius 1 is 0.955 bits per heavy atom. The van der Waals surface area contributed by atoms with Crippen LogP contribution in [0.3, 0.4) is 0 Å². The minimum Gasteiger partial charge on any atom is -0.497 e. The highest BCUT2D eigenvalue weighted by Crippen LogP contribution is 2.21. The zero-order valence-electron chi connectivity index (χ0n) is 12.7. The smallest absolute Gasteiger partial charge is 0.190 e. The first-order valence-corrected chi connectivity index (χ1v) is 7.81. The van der Waals surface area contributed by atoms with E-state index in [1.165, 1.54) is 11.8 Å². The molecule has 0 saturated carbocycles. The fourth-order valence-corrected chi connectivity index (χ4v) is 2.26. The van der Waals surface area contributed by atoms with Crippen LogP contribution in [0.1, 0.15) is 24.2 Å². The van der Waals surface area contributed by atoms with Gasteiger partial charge in [-0.05, 0) is 43.3 Å². The molecule has 5 heteroatoms. The van der Waals surface area contributed by atoms with Gasteiger partial charge in [-0.3, -0.25) is 9.59 Å². The second kappa shape index (κ2) is 9.33. The van der Waals surface area contributed by atoms with E-state index in [9.17, 15) is 9.59 Å². The molecular formula is C17H18O3S2. The molecule has 0 aliphatic heterocycles. The molecular weight excluding hydrogens is 316 g/mol. The van der Waals surface area contributed by atoms with Crippen molar-refractivity contribution in [3.05, 3.63) is 54.1 Å². The Hall–Kier alpha value is -1.72. The van der Waals surface area contributed by atoms with Gasteiger partial charge in [0.2, 0.25) is 0 Å². The first-order chi connectivity index (χ1) is 10.4. The molecule has 0 amide bonds.